The number of amides is 1. The quantitative estimate of drug-likeness (QED) is 0.580. The van der Waals surface area contributed by atoms with Gasteiger partial charge in [0.2, 0.25) is 4.96 Å². The van der Waals surface area contributed by atoms with Gasteiger partial charge in [0, 0.05) is 17.2 Å². The molecule has 0 aliphatic heterocycles. The fraction of sp³-hybridized carbons (Fsp3) is 0.143. The summed E-state index contributed by atoms with van der Waals surface area (Å²) in [5.74, 6) is -0.190. The molecule has 28 heavy (non-hydrogen) atoms. The SMILES string of the molecule is Cc1ccccc1C(=O)NCc1cc(=O)n2nc(-c3ccccc3C)sc2n1. The number of hydrogen-bond donors (Lipinski definition) is 1. The summed E-state index contributed by atoms with van der Waals surface area (Å²) in [5, 5.41) is 7.98. The third-order valence-electron chi connectivity index (χ3n) is 4.49. The number of aryl methyl sites for hydroxylation is 2. The van der Waals surface area contributed by atoms with Crippen LogP contribution in [0, 0.1) is 13.8 Å². The molecule has 7 heteroatoms. The predicted molar refractivity (Wildman–Crippen MR) is 110 cm³/mol. The zero-order valence-electron chi connectivity index (χ0n) is 15.5. The van der Waals surface area contributed by atoms with Crippen LogP contribution in [-0.2, 0) is 6.54 Å². The second-order valence-electron chi connectivity index (χ2n) is 6.50. The highest BCUT2D eigenvalue weighted by molar-refractivity contribution is 7.19. The average molecular weight is 390 g/mol. The second kappa shape index (κ2) is 7.36. The number of carbonyl (C=O) groups excluding carboxylic acids is 1. The molecule has 4 aromatic rings. The maximum absolute atomic E-state index is 12.5. The van der Waals surface area contributed by atoms with Gasteiger partial charge in [-0.2, -0.15) is 9.61 Å². The predicted octanol–water partition coefficient (Wildman–Crippen LogP) is 3.36. The van der Waals surface area contributed by atoms with E-state index >= 15 is 0 Å². The Balaban J connectivity index is 1.61. The van der Waals surface area contributed by atoms with Crippen molar-refractivity contribution < 1.29 is 4.79 Å². The monoisotopic (exact) mass is 390 g/mol. The first-order chi connectivity index (χ1) is 13.5. The summed E-state index contributed by atoms with van der Waals surface area (Å²) >= 11 is 1.35. The zero-order chi connectivity index (χ0) is 19.7. The van der Waals surface area contributed by atoms with Crippen molar-refractivity contribution in [2.75, 3.05) is 0 Å². The van der Waals surface area contributed by atoms with E-state index in [0.29, 0.717) is 16.2 Å². The van der Waals surface area contributed by atoms with E-state index in [1.807, 2.05) is 56.3 Å². The summed E-state index contributed by atoms with van der Waals surface area (Å²) in [5.41, 5.74) is 3.81. The van der Waals surface area contributed by atoms with Crippen LogP contribution in [0.1, 0.15) is 27.2 Å². The van der Waals surface area contributed by atoms with Crippen LogP contribution in [0.15, 0.2) is 59.4 Å². The summed E-state index contributed by atoms with van der Waals surface area (Å²) in [6.45, 7) is 4.07. The Labute approximate surface area is 165 Å². The van der Waals surface area contributed by atoms with Crippen LogP contribution >= 0.6 is 11.3 Å². The maximum atomic E-state index is 12.5. The molecule has 2 aromatic heterocycles. The van der Waals surface area contributed by atoms with Crippen molar-refractivity contribution in [1.29, 1.82) is 0 Å². The Morgan fingerprint density at radius 2 is 1.79 bits per heavy atom. The molecule has 6 nitrogen and oxygen atoms in total. The van der Waals surface area contributed by atoms with Gasteiger partial charge in [0.05, 0.1) is 12.2 Å². The van der Waals surface area contributed by atoms with E-state index in [-0.39, 0.29) is 18.0 Å². The van der Waals surface area contributed by atoms with Crippen molar-refractivity contribution in [3.8, 4) is 10.6 Å². The third kappa shape index (κ3) is 3.44. The summed E-state index contributed by atoms with van der Waals surface area (Å²) in [6, 6.07) is 16.7. The second-order valence-corrected chi connectivity index (χ2v) is 7.46. The molecular formula is C21H18N4O2S. The van der Waals surface area contributed by atoms with E-state index in [0.717, 1.165) is 21.7 Å². The Bertz CT molecular complexity index is 1240. The minimum absolute atomic E-state index is 0.177. The summed E-state index contributed by atoms with van der Waals surface area (Å²) in [4.78, 5) is 29.8. The van der Waals surface area contributed by atoms with Crippen LogP contribution in [-0.4, -0.2) is 20.5 Å². The lowest BCUT2D eigenvalue weighted by molar-refractivity contribution is 0.0950. The molecule has 4 rings (SSSR count). The summed E-state index contributed by atoms with van der Waals surface area (Å²) in [6.07, 6.45) is 0. The fourth-order valence-corrected chi connectivity index (χ4v) is 3.98. The van der Waals surface area contributed by atoms with Crippen LogP contribution in [0.2, 0.25) is 0 Å². The van der Waals surface area contributed by atoms with Crippen molar-refractivity contribution in [1.82, 2.24) is 19.9 Å². The van der Waals surface area contributed by atoms with Crippen LogP contribution < -0.4 is 10.9 Å². The van der Waals surface area contributed by atoms with Gasteiger partial charge < -0.3 is 5.32 Å². The number of hydrogen-bond acceptors (Lipinski definition) is 5. The lowest BCUT2D eigenvalue weighted by Crippen LogP contribution is -2.25. The maximum Gasteiger partial charge on any atom is 0.275 e. The molecule has 0 aliphatic rings. The van der Waals surface area contributed by atoms with Crippen molar-refractivity contribution in [3.05, 3.63) is 87.3 Å². The fourth-order valence-electron chi connectivity index (χ4n) is 2.96. The zero-order valence-corrected chi connectivity index (χ0v) is 16.3. The van der Waals surface area contributed by atoms with Crippen molar-refractivity contribution in [3.63, 3.8) is 0 Å². The van der Waals surface area contributed by atoms with Gasteiger partial charge in [-0.05, 0) is 31.0 Å². The molecule has 0 bridgehead atoms. The van der Waals surface area contributed by atoms with E-state index < -0.39 is 0 Å². The highest BCUT2D eigenvalue weighted by Crippen LogP contribution is 2.26. The van der Waals surface area contributed by atoms with E-state index in [9.17, 15) is 9.59 Å². The van der Waals surface area contributed by atoms with E-state index in [1.165, 1.54) is 21.9 Å². The highest BCUT2D eigenvalue weighted by atomic mass is 32.1. The van der Waals surface area contributed by atoms with Crippen molar-refractivity contribution in [2.45, 2.75) is 20.4 Å². The topological polar surface area (TPSA) is 76.4 Å². The molecule has 0 radical (unpaired) electrons. The molecule has 1 N–H and O–H groups in total. The van der Waals surface area contributed by atoms with Crippen molar-refractivity contribution in [2.24, 2.45) is 0 Å². The van der Waals surface area contributed by atoms with Gasteiger partial charge in [0.25, 0.3) is 11.5 Å². The van der Waals surface area contributed by atoms with Gasteiger partial charge in [-0.1, -0.05) is 53.8 Å². The van der Waals surface area contributed by atoms with Gasteiger partial charge >= 0.3 is 0 Å². The molecule has 0 fully saturated rings. The number of nitrogens with zero attached hydrogens (tertiary/aromatic N) is 3. The minimum atomic E-state index is -0.263. The first-order valence-electron chi connectivity index (χ1n) is 8.82. The molecule has 140 valence electrons. The van der Waals surface area contributed by atoms with Crippen LogP contribution in [0.25, 0.3) is 15.5 Å². The molecule has 1 amide bonds. The largest absolute Gasteiger partial charge is 0.346 e. The number of carbonyl (C=O) groups is 1. The van der Waals surface area contributed by atoms with E-state index in [1.54, 1.807) is 6.07 Å². The lowest BCUT2D eigenvalue weighted by Gasteiger charge is -2.07. The Morgan fingerprint density at radius 3 is 2.54 bits per heavy atom. The molecule has 0 atom stereocenters. The van der Waals surface area contributed by atoms with E-state index in [4.69, 9.17) is 0 Å². The molecule has 2 aromatic carbocycles. The average Bonchev–Trinajstić information content (AvgIpc) is 3.11. The molecule has 0 saturated carbocycles. The summed E-state index contributed by atoms with van der Waals surface area (Å²) in [7, 11) is 0. The van der Waals surface area contributed by atoms with Gasteiger partial charge in [-0.15, -0.1) is 0 Å². The Morgan fingerprint density at radius 1 is 1.07 bits per heavy atom. The molecule has 0 saturated heterocycles. The smallest absolute Gasteiger partial charge is 0.275 e. The minimum Gasteiger partial charge on any atom is -0.346 e. The third-order valence-corrected chi connectivity index (χ3v) is 5.44. The van der Waals surface area contributed by atoms with Crippen LogP contribution in [0.4, 0.5) is 0 Å². The molecule has 0 aliphatic carbocycles. The standard InChI is InChI=1S/C21H18N4O2S/c1-13-7-3-5-9-16(13)19(27)22-12-15-11-18(26)25-21(23-15)28-20(24-25)17-10-6-4-8-14(17)2/h3-11H,12H2,1-2H3,(H,22,27). The van der Waals surface area contributed by atoms with Gasteiger partial charge in [-0.3, -0.25) is 9.59 Å². The van der Waals surface area contributed by atoms with Gasteiger partial charge in [0.1, 0.15) is 5.01 Å². The normalized spacial score (nSPS) is 10.9. The Kier molecular flexibility index (Phi) is 4.75. The Hall–Kier alpha value is -3.32. The number of nitrogens with one attached hydrogen (secondary N) is 1. The molecule has 0 spiro atoms. The van der Waals surface area contributed by atoms with Gasteiger partial charge in [0.15, 0.2) is 0 Å². The highest BCUT2D eigenvalue weighted by Gasteiger charge is 2.13. The lowest BCUT2D eigenvalue weighted by atomic mass is 10.1. The number of fused-ring (bicyclic) bond motifs is 1. The van der Waals surface area contributed by atoms with Crippen molar-refractivity contribution >= 4 is 22.2 Å². The number of aromatic nitrogens is 3. The van der Waals surface area contributed by atoms with Gasteiger partial charge in [-0.25, -0.2) is 4.98 Å². The summed E-state index contributed by atoms with van der Waals surface area (Å²) < 4.78 is 1.30. The first-order valence-corrected chi connectivity index (χ1v) is 9.64. The number of rotatable bonds is 4. The van der Waals surface area contributed by atoms with E-state index in [2.05, 4.69) is 15.4 Å². The number of benzene rings is 2. The first kappa shape index (κ1) is 18.1. The van der Waals surface area contributed by atoms with Crippen LogP contribution in [0.3, 0.4) is 0 Å². The van der Waals surface area contributed by atoms with Crippen LogP contribution in [0.5, 0.6) is 0 Å². The molecule has 0 unspecified atom stereocenters. The molecule has 2 heterocycles. The molecular weight excluding hydrogens is 372 g/mol.